The maximum atomic E-state index is 11.1. The van der Waals surface area contributed by atoms with Gasteiger partial charge in [-0.15, -0.1) is 0 Å². The number of anilines is 2. The lowest BCUT2D eigenvalue weighted by atomic mass is 10.2. The predicted octanol–water partition coefficient (Wildman–Crippen LogP) is 3.62. The van der Waals surface area contributed by atoms with Crippen molar-refractivity contribution in [2.75, 3.05) is 11.4 Å². The van der Waals surface area contributed by atoms with Gasteiger partial charge in [-0.3, -0.25) is 0 Å². The van der Waals surface area contributed by atoms with Crippen LogP contribution in [0.1, 0.15) is 27.9 Å². The Bertz CT molecular complexity index is 607. The number of aromatic carboxylic acids is 1. The molecule has 0 unspecified atom stereocenters. The third-order valence-corrected chi connectivity index (χ3v) is 4.10. The molecule has 0 aliphatic heterocycles. The molecule has 0 spiro atoms. The minimum absolute atomic E-state index is 0.307. The van der Waals surface area contributed by atoms with E-state index in [1.54, 1.807) is 6.92 Å². The maximum Gasteiger partial charge on any atom is 0.347 e. The molecule has 0 bridgehead atoms. The Hall–Kier alpha value is -1.88. The van der Waals surface area contributed by atoms with E-state index in [0.29, 0.717) is 10.6 Å². The Kier molecular flexibility index (Phi) is 3.85. The Labute approximate surface area is 116 Å². The van der Waals surface area contributed by atoms with Crippen molar-refractivity contribution in [2.45, 2.75) is 20.8 Å². The average molecular weight is 276 g/mol. The Morgan fingerprint density at radius 2 is 2.05 bits per heavy atom. The molecule has 1 N–H and O–H groups in total. The van der Waals surface area contributed by atoms with E-state index in [4.69, 9.17) is 5.11 Å². The summed E-state index contributed by atoms with van der Waals surface area (Å²) in [5, 5.41) is 9.84. The van der Waals surface area contributed by atoms with Crippen LogP contribution in [-0.4, -0.2) is 22.6 Å². The van der Waals surface area contributed by atoms with Gasteiger partial charge in [0.25, 0.3) is 0 Å². The zero-order chi connectivity index (χ0) is 14.0. The van der Waals surface area contributed by atoms with E-state index >= 15 is 0 Å². The quantitative estimate of drug-likeness (QED) is 0.926. The van der Waals surface area contributed by atoms with Crippen molar-refractivity contribution in [3.8, 4) is 0 Å². The van der Waals surface area contributed by atoms with Crippen molar-refractivity contribution in [3.05, 3.63) is 40.4 Å². The molecule has 5 heteroatoms. The van der Waals surface area contributed by atoms with Crippen LogP contribution in [0, 0.1) is 13.8 Å². The number of benzene rings is 1. The van der Waals surface area contributed by atoms with Crippen LogP contribution < -0.4 is 4.90 Å². The second kappa shape index (κ2) is 5.40. The van der Waals surface area contributed by atoms with Crippen LogP contribution in [0.5, 0.6) is 0 Å². The summed E-state index contributed by atoms with van der Waals surface area (Å²) in [5.41, 5.74) is 2.78. The van der Waals surface area contributed by atoms with E-state index in [-0.39, 0.29) is 0 Å². The van der Waals surface area contributed by atoms with Gasteiger partial charge in [-0.25, -0.2) is 9.78 Å². The molecule has 1 aromatic heterocycles. The van der Waals surface area contributed by atoms with Gasteiger partial charge < -0.3 is 10.0 Å². The fraction of sp³-hybridized carbons (Fsp3) is 0.286. The fourth-order valence-corrected chi connectivity index (χ4v) is 2.95. The molecule has 0 saturated carbocycles. The van der Waals surface area contributed by atoms with E-state index in [1.165, 1.54) is 11.3 Å². The molecule has 2 rings (SSSR count). The van der Waals surface area contributed by atoms with E-state index in [0.717, 1.165) is 22.9 Å². The minimum atomic E-state index is -0.915. The molecular weight excluding hydrogens is 260 g/mol. The highest BCUT2D eigenvalue weighted by atomic mass is 32.1. The maximum absolute atomic E-state index is 11.1. The first-order chi connectivity index (χ1) is 9.04. The number of hydrogen-bond acceptors (Lipinski definition) is 4. The number of carboxylic acids is 1. The van der Waals surface area contributed by atoms with Crippen LogP contribution in [0.3, 0.4) is 0 Å². The Morgan fingerprint density at radius 1 is 1.37 bits per heavy atom. The zero-order valence-electron chi connectivity index (χ0n) is 11.2. The number of aromatic nitrogens is 1. The SMILES string of the molecule is CCN(c1nc(C)c(C(=O)O)s1)c1ccccc1C. The van der Waals surface area contributed by atoms with Crippen LogP contribution in [0.4, 0.5) is 10.8 Å². The van der Waals surface area contributed by atoms with Crippen LogP contribution in [0.15, 0.2) is 24.3 Å². The summed E-state index contributed by atoms with van der Waals surface area (Å²) in [7, 11) is 0. The molecule has 0 atom stereocenters. The topological polar surface area (TPSA) is 53.4 Å². The number of nitrogens with zero attached hydrogens (tertiary/aromatic N) is 2. The highest BCUT2D eigenvalue weighted by molar-refractivity contribution is 7.17. The second-order valence-electron chi connectivity index (χ2n) is 4.25. The first-order valence-electron chi connectivity index (χ1n) is 6.08. The molecule has 4 nitrogen and oxygen atoms in total. The van der Waals surface area contributed by atoms with Crippen LogP contribution in [0.25, 0.3) is 0 Å². The van der Waals surface area contributed by atoms with E-state index in [9.17, 15) is 4.79 Å². The number of carboxylic acid groups (broad SMARTS) is 1. The average Bonchev–Trinajstić information content (AvgIpc) is 2.75. The molecule has 100 valence electrons. The van der Waals surface area contributed by atoms with Gasteiger partial charge in [0, 0.05) is 12.2 Å². The first kappa shape index (κ1) is 13.5. The predicted molar refractivity (Wildman–Crippen MR) is 77.7 cm³/mol. The first-order valence-corrected chi connectivity index (χ1v) is 6.90. The molecule has 0 fully saturated rings. The Balaban J connectivity index is 2.46. The molecule has 19 heavy (non-hydrogen) atoms. The van der Waals surface area contributed by atoms with E-state index in [2.05, 4.69) is 4.98 Å². The van der Waals surface area contributed by atoms with Crippen molar-refractivity contribution in [2.24, 2.45) is 0 Å². The van der Waals surface area contributed by atoms with Crippen molar-refractivity contribution in [3.63, 3.8) is 0 Å². The molecule has 1 aromatic carbocycles. The summed E-state index contributed by atoms with van der Waals surface area (Å²) >= 11 is 1.22. The lowest BCUT2D eigenvalue weighted by molar-refractivity contribution is 0.0701. The lowest BCUT2D eigenvalue weighted by Crippen LogP contribution is -2.16. The fourth-order valence-electron chi connectivity index (χ4n) is 1.97. The van der Waals surface area contributed by atoms with Gasteiger partial charge in [0.15, 0.2) is 5.13 Å². The number of carbonyl (C=O) groups is 1. The summed E-state index contributed by atoms with van der Waals surface area (Å²) in [6.07, 6.45) is 0. The number of hydrogen-bond donors (Lipinski definition) is 1. The molecular formula is C14H16N2O2S. The van der Waals surface area contributed by atoms with Gasteiger partial charge in [0.2, 0.25) is 0 Å². The summed E-state index contributed by atoms with van der Waals surface area (Å²) < 4.78 is 0. The second-order valence-corrected chi connectivity index (χ2v) is 5.22. The third kappa shape index (κ3) is 2.61. The van der Waals surface area contributed by atoms with Crippen molar-refractivity contribution in [1.29, 1.82) is 0 Å². The highest BCUT2D eigenvalue weighted by Crippen LogP contribution is 2.32. The minimum Gasteiger partial charge on any atom is -0.477 e. The van der Waals surface area contributed by atoms with Gasteiger partial charge >= 0.3 is 5.97 Å². The van der Waals surface area contributed by atoms with Gasteiger partial charge in [-0.05, 0) is 32.4 Å². The molecule has 0 radical (unpaired) electrons. The third-order valence-electron chi connectivity index (χ3n) is 2.93. The summed E-state index contributed by atoms with van der Waals surface area (Å²) in [6.45, 7) is 6.55. The Morgan fingerprint density at radius 3 is 2.58 bits per heavy atom. The standard InChI is InChI=1S/C14H16N2O2S/c1-4-16(11-8-6-5-7-9(11)2)14-15-10(3)12(19-14)13(17)18/h5-8H,4H2,1-3H3,(H,17,18). The molecule has 0 aliphatic rings. The number of thiazole rings is 1. The molecule has 2 aromatic rings. The van der Waals surface area contributed by atoms with Crippen LogP contribution in [-0.2, 0) is 0 Å². The largest absolute Gasteiger partial charge is 0.477 e. The van der Waals surface area contributed by atoms with Gasteiger partial charge in [0.05, 0.1) is 5.69 Å². The highest BCUT2D eigenvalue weighted by Gasteiger charge is 2.19. The van der Waals surface area contributed by atoms with Gasteiger partial charge in [0.1, 0.15) is 4.88 Å². The van der Waals surface area contributed by atoms with Gasteiger partial charge in [-0.2, -0.15) is 0 Å². The number of para-hydroxylation sites is 1. The monoisotopic (exact) mass is 276 g/mol. The van der Waals surface area contributed by atoms with Crippen molar-refractivity contribution < 1.29 is 9.90 Å². The number of rotatable bonds is 4. The molecule has 1 heterocycles. The molecule has 0 aliphatic carbocycles. The van der Waals surface area contributed by atoms with Gasteiger partial charge in [-0.1, -0.05) is 29.5 Å². The molecule has 0 amide bonds. The summed E-state index contributed by atoms with van der Waals surface area (Å²) in [5.74, 6) is -0.915. The van der Waals surface area contributed by atoms with Crippen LogP contribution in [0.2, 0.25) is 0 Å². The van der Waals surface area contributed by atoms with Crippen molar-refractivity contribution in [1.82, 2.24) is 4.98 Å². The molecule has 0 saturated heterocycles. The lowest BCUT2D eigenvalue weighted by Gasteiger charge is -2.21. The number of aryl methyl sites for hydroxylation is 2. The summed E-state index contributed by atoms with van der Waals surface area (Å²) in [4.78, 5) is 17.8. The van der Waals surface area contributed by atoms with Crippen molar-refractivity contribution >= 4 is 28.1 Å². The van der Waals surface area contributed by atoms with Crippen LogP contribution >= 0.6 is 11.3 Å². The normalized spacial score (nSPS) is 10.5. The zero-order valence-corrected chi connectivity index (χ0v) is 12.0. The summed E-state index contributed by atoms with van der Waals surface area (Å²) in [6, 6.07) is 8.03. The smallest absolute Gasteiger partial charge is 0.347 e. The van der Waals surface area contributed by atoms with E-state index in [1.807, 2.05) is 43.0 Å². The van der Waals surface area contributed by atoms with E-state index < -0.39 is 5.97 Å².